The molecule has 2 N–H and O–H groups in total. The van der Waals surface area contributed by atoms with Crippen LogP contribution in [0.3, 0.4) is 0 Å². The molecule has 0 saturated heterocycles. The highest BCUT2D eigenvalue weighted by Gasteiger charge is 2.41. The van der Waals surface area contributed by atoms with Gasteiger partial charge in [0.25, 0.3) is 0 Å². The van der Waals surface area contributed by atoms with Crippen LogP contribution in [0, 0.1) is 0 Å². The van der Waals surface area contributed by atoms with Gasteiger partial charge in [0, 0.05) is 13.5 Å². The fourth-order valence-corrected chi connectivity index (χ4v) is 0.449. The van der Waals surface area contributed by atoms with Crippen LogP contribution in [-0.2, 0) is 9.53 Å². The fraction of sp³-hybridized carbons (Fsp3) is 0.800. The topological polar surface area (TPSA) is 52.3 Å². The van der Waals surface area contributed by atoms with E-state index in [-0.39, 0.29) is 0 Å². The maximum absolute atomic E-state index is 11.7. The summed E-state index contributed by atoms with van der Waals surface area (Å²) in [6.45, 7) is 0.150. The second-order valence-corrected chi connectivity index (χ2v) is 1.88. The van der Waals surface area contributed by atoms with Gasteiger partial charge in [-0.25, -0.2) is 0 Å². The molecule has 66 valence electrons. The van der Waals surface area contributed by atoms with Crippen molar-refractivity contribution < 1.29 is 22.7 Å². The van der Waals surface area contributed by atoms with Crippen LogP contribution < -0.4 is 5.73 Å². The van der Waals surface area contributed by atoms with Crippen LogP contribution in [0.2, 0.25) is 0 Å². The number of ether oxygens (including phenoxy) is 1. The Balaban J connectivity index is 4.07. The Morgan fingerprint density at radius 1 is 1.64 bits per heavy atom. The minimum atomic E-state index is -4.57. The minimum Gasteiger partial charge on any atom is -0.451 e. The van der Waals surface area contributed by atoms with Gasteiger partial charge in [-0.2, -0.15) is 13.2 Å². The first-order valence-electron chi connectivity index (χ1n) is 2.82. The molecule has 0 heterocycles. The number of rotatable bonds is 2. The molecule has 0 bridgehead atoms. The summed E-state index contributed by atoms with van der Waals surface area (Å²) in [6.07, 6.45) is -6.75. The molecule has 0 aliphatic carbocycles. The number of halogens is 3. The molecule has 0 aliphatic rings. The van der Waals surface area contributed by atoms with Gasteiger partial charge in [0.2, 0.25) is 6.10 Å². The van der Waals surface area contributed by atoms with Crippen molar-refractivity contribution >= 4 is 5.97 Å². The summed E-state index contributed by atoms with van der Waals surface area (Å²) in [4.78, 5) is 10.1. The van der Waals surface area contributed by atoms with Crippen LogP contribution in [0.15, 0.2) is 0 Å². The van der Waals surface area contributed by atoms with Gasteiger partial charge in [-0.05, 0) is 0 Å². The van der Waals surface area contributed by atoms with E-state index in [1.807, 2.05) is 0 Å². The number of nitrogens with two attached hydrogens (primary N) is 1. The van der Waals surface area contributed by atoms with E-state index in [0.717, 1.165) is 6.92 Å². The van der Waals surface area contributed by atoms with Crippen molar-refractivity contribution in [1.82, 2.24) is 0 Å². The van der Waals surface area contributed by atoms with Crippen molar-refractivity contribution in [3.8, 4) is 0 Å². The number of hydrogen-bond acceptors (Lipinski definition) is 3. The van der Waals surface area contributed by atoms with Crippen LogP contribution in [0.5, 0.6) is 0 Å². The Bertz CT molecular complexity index is 145. The Labute approximate surface area is 61.3 Å². The fourth-order valence-electron chi connectivity index (χ4n) is 0.449. The first-order valence-corrected chi connectivity index (χ1v) is 2.82. The number of esters is 1. The lowest BCUT2D eigenvalue weighted by atomic mass is 10.3. The van der Waals surface area contributed by atoms with Gasteiger partial charge in [0.1, 0.15) is 0 Å². The molecule has 11 heavy (non-hydrogen) atoms. The van der Waals surface area contributed by atoms with E-state index in [4.69, 9.17) is 5.73 Å². The average molecular weight is 171 g/mol. The summed E-state index contributed by atoms with van der Waals surface area (Å²) in [6, 6.07) is 0. The van der Waals surface area contributed by atoms with E-state index in [9.17, 15) is 18.0 Å². The molecular formula is C5H8F3NO2. The third-order valence-electron chi connectivity index (χ3n) is 0.887. The van der Waals surface area contributed by atoms with Gasteiger partial charge in [-0.1, -0.05) is 0 Å². The largest absolute Gasteiger partial charge is 0.451 e. The zero-order valence-electron chi connectivity index (χ0n) is 5.81. The number of carbonyl (C=O) groups excluding carboxylic acids is 1. The van der Waals surface area contributed by atoms with Gasteiger partial charge in [0.05, 0.1) is 0 Å². The van der Waals surface area contributed by atoms with Gasteiger partial charge >= 0.3 is 12.1 Å². The quantitative estimate of drug-likeness (QED) is 0.613. The molecule has 0 saturated carbocycles. The predicted octanol–water partition coefficient (Wildman–Crippen LogP) is 0.439. The third kappa shape index (κ3) is 3.82. The molecule has 0 unspecified atom stereocenters. The smallest absolute Gasteiger partial charge is 0.426 e. The van der Waals surface area contributed by atoms with Crippen molar-refractivity contribution in [3.63, 3.8) is 0 Å². The first kappa shape index (κ1) is 10.2. The second kappa shape index (κ2) is 3.56. The lowest BCUT2D eigenvalue weighted by Crippen LogP contribution is -2.39. The van der Waals surface area contributed by atoms with Crippen LogP contribution in [0.4, 0.5) is 13.2 Å². The molecular weight excluding hydrogens is 163 g/mol. The minimum absolute atomic E-state index is 0.747. The molecule has 0 radical (unpaired) electrons. The van der Waals surface area contributed by atoms with Gasteiger partial charge in [-0.3, -0.25) is 4.79 Å². The lowest BCUT2D eigenvalue weighted by Gasteiger charge is -2.17. The highest BCUT2D eigenvalue weighted by Crippen LogP contribution is 2.21. The van der Waals surface area contributed by atoms with Crippen LogP contribution in [0.1, 0.15) is 6.92 Å². The molecule has 3 nitrogen and oxygen atoms in total. The summed E-state index contributed by atoms with van der Waals surface area (Å²) in [5.41, 5.74) is 4.71. The van der Waals surface area contributed by atoms with Crippen molar-refractivity contribution in [2.45, 2.75) is 19.2 Å². The highest BCUT2D eigenvalue weighted by molar-refractivity contribution is 5.66. The van der Waals surface area contributed by atoms with Crippen molar-refractivity contribution in [2.24, 2.45) is 5.73 Å². The van der Waals surface area contributed by atoms with E-state index in [0.29, 0.717) is 0 Å². The first-order chi connectivity index (χ1) is 4.88. The van der Waals surface area contributed by atoms with Crippen molar-refractivity contribution in [3.05, 3.63) is 0 Å². The number of alkyl halides is 3. The van der Waals surface area contributed by atoms with Crippen LogP contribution in [0.25, 0.3) is 0 Å². The lowest BCUT2D eigenvalue weighted by molar-refractivity contribution is -0.217. The molecule has 0 aliphatic heterocycles. The predicted molar refractivity (Wildman–Crippen MR) is 30.7 cm³/mol. The summed E-state index contributed by atoms with van der Waals surface area (Å²) < 4.78 is 39.0. The zero-order chi connectivity index (χ0) is 9.07. The Morgan fingerprint density at radius 2 is 2.09 bits per heavy atom. The average Bonchev–Trinajstić information content (AvgIpc) is 1.79. The molecule has 6 heteroatoms. The molecule has 1 atom stereocenters. The van der Waals surface area contributed by atoms with E-state index >= 15 is 0 Å². The van der Waals surface area contributed by atoms with Gasteiger partial charge < -0.3 is 10.5 Å². The van der Waals surface area contributed by atoms with Crippen molar-refractivity contribution in [1.29, 1.82) is 0 Å². The molecule has 0 aromatic carbocycles. The molecule has 0 aromatic heterocycles. The standard InChI is InChI=1S/C5H8F3NO2/c1-3(10)11-4(2-9)5(6,7)8/h4H,2,9H2,1H3/t4-/m0/s1. The SMILES string of the molecule is CC(=O)O[C@@H](CN)C(F)(F)F. The molecule has 0 aromatic rings. The summed E-state index contributed by atoms with van der Waals surface area (Å²) in [7, 11) is 0. The zero-order valence-corrected chi connectivity index (χ0v) is 5.81. The normalized spacial score (nSPS) is 14.3. The molecule has 0 spiro atoms. The monoisotopic (exact) mass is 171 g/mol. The van der Waals surface area contributed by atoms with E-state index in [1.165, 1.54) is 0 Å². The number of hydrogen-bond donors (Lipinski definition) is 1. The van der Waals surface area contributed by atoms with E-state index in [1.54, 1.807) is 0 Å². The van der Waals surface area contributed by atoms with Gasteiger partial charge in [0.15, 0.2) is 0 Å². The molecule has 0 rings (SSSR count). The molecule has 0 fully saturated rings. The summed E-state index contributed by atoms with van der Waals surface area (Å²) in [5, 5.41) is 0. The van der Waals surface area contributed by atoms with Gasteiger partial charge in [-0.15, -0.1) is 0 Å². The summed E-state index contributed by atoms with van der Waals surface area (Å²) >= 11 is 0. The Kier molecular flexibility index (Phi) is 3.31. The highest BCUT2D eigenvalue weighted by atomic mass is 19.4. The summed E-state index contributed by atoms with van der Waals surface area (Å²) in [5.74, 6) is -0.988. The maximum Gasteiger partial charge on any atom is 0.426 e. The third-order valence-corrected chi connectivity index (χ3v) is 0.887. The van der Waals surface area contributed by atoms with Crippen molar-refractivity contribution in [2.75, 3.05) is 6.54 Å². The van der Waals surface area contributed by atoms with Crippen LogP contribution >= 0.6 is 0 Å². The van der Waals surface area contributed by atoms with E-state index < -0.39 is 24.8 Å². The second-order valence-electron chi connectivity index (χ2n) is 1.88. The maximum atomic E-state index is 11.7. The van der Waals surface area contributed by atoms with Crippen LogP contribution in [-0.4, -0.2) is 24.8 Å². The van der Waals surface area contributed by atoms with E-state index in [2.05, 4.69) is 4.74 Å². The number of carbonyl (C=O) groups is 1. The Hall–Kier alpha value is -0.780. The Morgan fingerprint density at radius 3 is 2.18 bits per heavy atom. The molecule has 0 amide bonds.